The topological polar surface area (TPSA) is 72.8 Å². The molecule has 0 aliphatic carbocycles. The number of rotatable bonds is 8. The molecule has 1 rings (SSSR count). The predicted octanol–water partition coefficient (Wildman–Crippen LogP) is 2.38. The summed E-state index contributed by atoms with van der Waals surface area (Å²) in [4.78, 5) is 22.5. The van der Waals surface area contributed by atoms with Gasteiger partial charge in [-0.25, -0.2) is 9.59 Å². The third-order valence-corrected chi connectivity index (χ3v) is 3.56. The number of unbranched alkanes of at least 4 members (excludes halogenated alkanes) is 1. The van der Waals surface area contributed by atoms with Crippen LogP contribution in [-0.2, 0) is 19.1 Å². The molecule has 0 aromatic rings. The predicted molar refractivity (Wildman–Crippen MR) is 69.8 cm³/mol. The van der Waals surface area contributed by atoms with Gasteiger partial charge < -0.3 is 14.6 Å². The van der Waals surface area contributed by atoms with E-state index in [1.807, 2.05) is 0 Å². The monoisotopic (exact) mass is 272 g/mol. The number of aliphatic carboxylic acids is 1. The minimum absolute atomic E-state index is 0.377. The van der Waals surface area contributed by atoms with Crippen LogP contribution >= 0.6 is 0 Å². The van der Waals surface area contributed by atoms with E-state index in [2.05, 4.69) is 13.8 Å². The van der Waals surface area contributed by atoms with Crippen molar-refractivity contribution in [1.29, 1.82) is 0 Å². The number of hydrogen-bond acceptors (Lipinski definition) is 4. The fraction of sp³-hybridized carbons (Fsp3) is 0.857. The van der Waals surface area contributed by atoms with E-state index in [1.54, 1.807) is 0 Å². The summed E-state index contributed by atoms with van der Waals surface area (Å²) in [6.07, 6.45) is 3.56. The van der Waals surface area contributed by atoms with Gasteiger partial charge in [-0.05, 0) is 25.2 Å². The molecule has 1 aliphatic rings. The molecule has 0 radical (unpaired) electrons. The Hall–Kier alpha value is -1.10. The summed E-state index contributed by atoms with van der Waals surface area (Å²) < 4.78 is 10.4. The van der Waals surface area contributed by atoms with Gasteiger partial charge in [0.2, 0.25) is 0 Å². The Morgan fingerprint density at radius 1 is 1.32 bits per heavy atom. The maximum Gasteiger partial charge on any atom is 0.335 e. The summed E-state index contributed by atoms with van der Waals surface area (Å²) >= 11 is 0. The highest BCUT2D eigenvalue weighted by Gasteiger charge is 2.35. The summed E-state index contributed by atoms with van der Waals surface area (Å²) in [6.45, 7) is 4.63. The van der Waals surface area contributed by atoms with Gasteiger partial charge in [0, 0.05) is 0 Å². The lowest BCUT2D eigenvalue weighted by Gasteiger charge is -2.16. The minimum atomic E-state index is -1.01. The van der Waals surface area contributed by atoms with Crippen molar-refractivity contribution >= 4 is 11.9 Å². The van der Waals surface area contributed by atoms with Gasteiger partial charge in [0.1, 0.15) is 0 Å². The Morgan fingerprint density at radius 3 is 2.53 bits per heavy atom. The van der Waals surface area contributed by atoms with Crippen molar-refractivity contribution in [2.24, 2.45) is 5.92 Å². The zero-order chi connectivity index (χ0) is 14.3. The molecule has 1 N–H and O–H groups in total. The Morgan fingerprint density at radius 2 is 2.00 bits per heavy atom. The number of ether oxygens (including phenoxy) is 2. The molecular formula is C14H24O5. The summed E-state index contributed by atoms with van der Waals surface area (Å²) in [6, 6.07) is 0. The molecule has 0 aromatic carbocycles. The second kappa shape index (κ2) is 8.15. The SMILES string of the molecule is CCCCC(CC)COC(=O)C1CCC(C(=O)O)O1. The van der Waals surface area contributed by atoms with E-state index < -0.39 is 24.1 Å². The van der Waals surface area contributed by atoms with E-state index >= 15 is 0 Å². The lowest BCUT2D eigenvalue weighted by Crippen LogP contribution is -2.28. The number of carboxylic acid groups (broad SMARTS) is 1. The Balaban J connectivity index is 2.29. The van der Waals surface area contributed by atoms with Crippen molar-refractivity contribution in [3.63, 3.8) is 0 Å². The molecule has 5 nitrogen and oxygen atoms in total. The summed E-state index contributed by atoms with van der Waals surface area (Å²) in [5.74, 6) is -1.04. The third kappa shape index (κ3) is 5.19. The lowest BCUT2D eigenvalue weighted by atomic mass is 10.0. The Labute approximate surface area is 114 Å². The minimum Gasteiger partial charge on any atom is -0.479 e. The molecule has 3 atom stereocenters. The first-order chi connectivity index (χ1) is 9.08. The fourth-order valence-electron chi connectivity index (χ4n) is 2.18. The molecular weight excluding hydrogens is 248 g/mol. The van der Waals surface area contributed by atoms with Crippen molar-refractivity contribution in [1.82, 2.24) is 0 Å². The zero-order valence-corrected chi connectivity index (χ0v) is 11.8. The number of carbonyl (C=O) groups is 2. The van der Waals surface area contributed by atoms with Crippen LogP contribution in [0.5, 0.6) is 0 Å². The smallest absolute Gasteiger partial charge is 0.335 e. The van der Waals surface area contributed by atoms with Crippen molar-refractivity contribution in [2.75, 3.05) is 6.61 Å². The largest absolute Gasteiger partial charge is 0.479 e. The third-order valence-electron chi connectivity index (χ3n) is 3.56. The number of carbonyl (C=O) groups excluding carboxylic acids is 1. The first-order valence-corrected chi connectivity index (χ1v) is 7.13. The molecule has 3 unspecified atom stereocenters. The number of hydrogen-bond donors (Lipinski definition) is 1. The first-order valence-electron chi connectivity index (χ1n) is 7.13. The second-order valence-corrected chi connectivity index (χ2v) is 5.08. The maximum absolute atomic E-state index is 11.8. The highest BCUT2D eigenvalue weighted by Crippen LogP contribution is 2.21. The van der Waals surface area contributed by atoms with E-state index in [-0.39, 0.29) is 0 Å². The Kier molecular flexibility index (Phi) is 6.84. The average Bonchev–Trinajstić information content (AvgIpc) is 2.88. The van der Waals surface area contributed by atoms with Gasteiger partial charge in [0.05, 0.1) is 6.61 Å². The van der Waals surface area contributed by atoms with Crippen molar-refractivity contribution in [2.45, 2.75) is 64.6 Å². The van der Waals surface area contributed by atoms with Crippen LogP contribution in [0, 0.1) is 5.92 Å². The van der Waals surface area contributed by atoms with Gasteiger partial charge in [-0.15, -0.1) is 0 Å². The van der Waals surface area contributed by atoms with Gasteiger partial charge in [-0.3, -0.25) is 0 Å². The van der Waals surface area contributed by atoms with Crippen LogP contribution in [0.15, 0.2) is 0 Å². The van der Waals surface area contributed by atoms with Crippen LogP contribution in [0.2, 0.25) is 0 Å². The average molecular weight is 272 g/mol. The molecule has 0 saturated carbocycles. The molecule has 1 fully saturated rings. The standard InChI is InChI=1S/C14H24O5/c1-3-5-6-10(4-2)9-18-14(17)12-8-7-11(19-12)13(15)16/h10-12H,3-9H2,1-2H3,(H,15,16). The van der Waals surface area contributed by atoms with Gasteiger partial charge in [-0.1, -0.05) is 33.1 Å². The van der Waals surface area contributed by atoms with Crippen LogP contribution in [0.4, 0.5) is 0 Å². The summed E-state index contributed by atoms with van der Waals surface area (Å²) in [5.41, 5.74) is 0. The van der Waals surface area contributed by atoms with E-state index in [0.717, 1.165) is 25.7 Å². The second-order valence-electron chi connectivity index (χ2n) is 5.08. The normalized spacial score (nSPS) is 24.1. The molecule has 1 heterocycles. The van der Waals surface area contributed by atoms with Crippen LogP contribution in [-0.4, -0.2) is 35.9 Å². The van der Waals surface area contributed by atoms with Crippen molar-refractivity contribution in [3.8, 4) is 0 Å². The quantitative estimate of drug-likeness (QED) is 0.687. The molecule has 110 valence electrons. The molecule has 0 spiro atoms. The Bertz CT molecular complexity index is 302. The molecule has 0 bridgehead atoms. The highest BCUT2D eigenvalue weighted by molar-refractivity contribution is 5.78. The maximum atomic E-state index is 11.8. The zero-order valence-electron chi connectivity index (χ0n) is 11.8. The van der Waals surface area contributed by atoms with Crippen LogP contribution in [0.1, 0.15) is 52.4 Å². The fourth-order valence-corrected chi connectivity index (χ4v) is 2.18. The van der Waals surface area contributed by atoms with E-state index in [0.29, 0.717) is 25.4 Å². The van der Waals surface area contributed by atoms with Gasteiger partial charge in [0.15, 0.2) is 12.2 Å². The molecule has 5 heteroatoms. The van der Waals surface area contributed by atoms with Crippen LogP contribution in [0.25, 0.3) is 0 Å². The molecule has 19 heavy (non-hydrogen) atoms. The molecule has 0 amide bonds. The summed E-state index contributed by atoms with van der Waals surface area (Å²) in [7, 11) is 0. The first kappa shape index (κ1) is 16.0. The van der Waals surface area contributed by atoms with E-state index in [1.165, 1.54) is 0 Å². The van der Waals surface area contributed by atoms with Crippen LogP contribution < -0.4 is 0 Å². The van der Waals surface area contributed by atoms with E-state index in [4.69, 9.17) is 14.6 Å². The summed E-state index contributed by atoms with van der Waals surface area (Å²) in [5, 5.41) is 8.79. The van der Waals surface area contributed by atoms with Crippen molar-refractivity contribution in [3.05, 3.63) is 0 Å². The molecule has 0 aromatic heterocycles. The van der Waals surface area contributed by atoms with Crippen molar-refractivity contribution < 1.29 is 24.2 Å². The molecule has 1 aliphatic heterocycles. The molecule has 1 saturated heterocycles. The van der Waals surface area contributed by atoms with E-state index in [9.17, 15) is 9.59 Å². The highest BCUT2D eigenvalue weighted by atomic mass is 16.6. The lowest BCUT2D eigenvalue weighted by molar-refractivity contribution is -0.163. The van der Waals surface area contributed by atoms with Gasteiger partial charge in [0.25, 0.3) is 0 Å². The van der Waals surface area contributed by atoms with Crippen LogP contribution in [0.3, 0.4) is 0 Å². The van der Waals surface area contributed by atoms with Gasteiger partial charge in [-0.2, -0.15) is 0 Å². The number of carboxylic acids is 1. The van der Waals surface area contributed by atoms with Gasteiger partial charge >= 0.3 is 11.9 Å². The number of esters is 1.